The van der Waals surface area contributed by atoms with Gasteiger partial charge in [-0.3, -0.25) is 4.79 Å². The van der Waals surface area contributed by atoms with Crippen LogP contribution in [0.25, 0.3) is 11.0 Å². The number of likely N-dealkylation sites (tertiary alicyclic amines) is 1. The molecule has 5 nitrogen and oxygen atoms in total. The Bertz CT molecular complexity index is 841. The second-order valence-corrected chi connectivity index (χ2v) is 5.77. The number of benzene rings is 1. The second-order valence-electron chi connectivity index (χ2n) is 5.77. The molecule has 0 saturated carbocycles. The number of rotatable bonds is 2. The molecule has 4 rings (SSSR count). The van der Waals surface area contributed by atoms with Gasteiger partial charge in [-0.1, -0.05) is 0 Å². The molecule has 1 fully saturated rings. The third-order valence-corrected chi connectivity index (χ3v) is 4.27. The minimum absolute atomic E-state index is 0.133. The number of halogens is 1. The van der Waals surface area contributed by atoms with E-state index in [1.165, 1.54) is 18.4 Å². The Morgan fingerprint density at radius 2 is 2.26 bits per heavy atom. The number of imidazole rings is 1. The van der Waals surface area contributed by atoms with Crippen molar-refractivity contribution in [1.29, 1.82) is 0 Å². The molecule has 3 aromatic rings. The minimum atomic E-state index is -0.306. The van der Waals surface area contributed by atoms with Crippen LogP contribution in [-0.2, 0) is 0 Å². The fourth-order valence-electron chi connectivity index (χ4n) is 3.16. The Labute approximate surface area is 132 Å². The summed E-state index contributed by atoms with van der Waals surface area (Å²) in [5.41, 5.74) is 1.35. The highest BCUT2D eigenvalue weighted by atomic mass is 19.1. The van der Waals surface area contributed by atoms with Crippen molar-refractivity contribution in [3.05, 3.63) is 54.0 Å². The Balaban J connectivity index is 1.70. The van der Waals surface area contributed by atoms with Crippen molar-refractivity contribution < 1.29 is 13.6 Å². The van der Waals surface area contributed by atoms with Gasteiger partial charge < -0.3 is 14.3 Å². The van der Waals surface area contributed by atoms with Crippen molar-refractivity contribution in [1.82, 2.24) is 14.9 Å². The number of nitrogens with zero attached hydrogens (tertiary/aromatic N) is 2. The van der Waals surface area contributed by atoms with E-state index in [9.17, 15) is 9.18 Å². The summed E-state index contributed by atoms with van der Waals surface area (Å²) in [6.07, 6.45) is 4.31. The summed E-state index contributed by atoms with van der Waals surface area (Å²) in [4.78, 5) is 22.1. The standard InChI is InChI=1S/C17H16FN3O2/c18-11-6-7-12-13(10-11)20-16(19-12)14-4-1-2-8-21(14)17(22)15-5-3-9-23-15/h3,5-7,9-10,14H,1-2,4,8H2,(H,19,20)/t14-/m1/s1. The van der Waals surface area contributed by atoms with E-state index in [1.54, 1.807) is 23.1 Å². The maximum Gasteiger partial charge on any atom is 0.290 e. The summed E-state index contributed by atoms with van der Waals surface area (Å²) in [6.45, 7) is 0.662. The number of carbonyl (C=O) groups excluding carboxylic acids is 1. The van der Waals surface area contributed by atoms with Gasteiger partial charge in [0.15, 0.2) is 5.76 Å². The van der Waals surface area contributed by atoms with Crippen LogP contribution >= 0.6 is 0 Å². The van der Waals surface area contributed by atoms with Gasteiger partial charge in [0.1, 0.15) is 11.6 Å². The first-order valence-corrected chi connectivity index (χ1v) is 7.72. The molecule has 2 aromatic heterocycles. The predicted molar refractivity (Wildman–Crippen MR) is 82.4 cm³/mol. The number of carbonyl (C=O) groups is 1. The average molecular weight is 313 g/mol. The van der Waals surface area contributed by atoms with Crippen molar-refractivity contribution in [3.63, 3.8) is 0 Å². The second kappa shape index (κ2) is 5.53. The zero-order chi connectivity index (χ0) is 15.8. The molecule has 1 aliphatic heterocycles. The normalized spacial score (nSPS) is 18.5. The van der Waals surface area contributed by atoms with Crippen LogP contribution in [0.15, 0.2) is 41.0 Å². The number of nitrogens with one attached hydrogen (secondary N) is 1. The van der Waals surface area contributed by atoms with E-state index in [0.29, 0.717) is 29.2 Å². The highest BCUT2D eigenvalue weighted by Gasteiger charge is 2.31. The maximum atomic E-state index is 13.4. The van der Waals surface area contributed by atoms with E-state index in [2.05, 4.69) is 9.97 Å². The summed E-state index contributed by atoms with van der Waals surface area (Å²) < 4.78 is 18.6. The number of fused-ring (bicyclic) bond motifs is 1. The molecule has 0 unspecified atom stereocenters. The summed E-state index contributed by atoms with van der Waals surface area (Å²) in [5.74, 6) is 0.593. The van der Waals surface area contributed by atoms with E-state index in [-0.39, 0.29) is 17.8 Å². The van der Waals surface area contributed by atoms with Gasteiger partial charge in [-0.15, -0.1) is 0 Å². The molecule has 1 saturated heterocycles. The lowest BCUT2D eigenvalue weighted by Crippen LogP contribution is -2.38. The van der Waals surface area contributed by atoms with Crippen LogP contribution in [-0.4, -0.2) is 27.3 Å². The highest BCUT2D eigenvalue weighted by molar-refractivity contribution is 5.91. The van der Waals surface area contributed by atoms with Crippen molar-refractivity contribution in [2.75, 3.05) is 6.54 Å². The number of hydrogen-bond acceptors (Lipinski definition) is 3. The van der Waals surface area contributed by atoms with Gasteiger partial charge in [0.05, 0.1) is 23.3 Å². The molecule has 3 heterocycles. The summed E-state index contributed by atoms with van der Waals surface area (Å²) in [5, 5.41) is 0. The summed E-state index contributed by atoms with van der Waals surface area (Å²) in [7, 11) is 0. The van der Waals surface area contributed by atoms with Crippen LogP contribution in [0.4, 0.5) is 4.39 Å². The molecule has 1 aliphatic rings. The lowest BCUT2D eigenvalue weighted by atomic mass is 10.0. The van der Waals surface area contributed by atoms with Crippen LogP contribution in [0.5, 0.6) is 0 Å². The predicted octanol–water partition coefficient (Wildman–Crippen LogP) is 3.66. The lowest BCUT2D eigenvalue weighted by Gasteiger charge is -2.33. The van der Waals surface area contributed by atoms with Crippen LogP contribution in [0.1, 0.15) is 41.7 Å². The van der Waals surface area contributed by atoms with Gasteiger partial charge in [0.25, 0.3) is 5.91 Å². The van der Waals surface area contributed by atoms with Crippen molar-refractivity contribution in [3.8, 4) is 0 Å². The fraction of sp³-hybridized carbons (Fsp3) is 0.294. The quantitative estimate of drug-likeness (QED) is 0.785. The van der Waals surface area contributed by atoms with Gasteiger partial charge >= 0.3 is 0 Å². The molecule has 1 aromatic carbocycles. The third-order valence-electron chi connectivity index (χ3n) is 4.27. The average Bonchev–Trinajstić information content (AvgIpc) is 3.23. The van der Waals surface area contributed by atoms with Gasteiger partial charge in [-0.05, 0) is 49.6 Å². The molecule has 1 amide bonds. The first kappa shape index (κ1) is 14.0. The fourth-order valence-corrected chi connectivity index (χ4v) is 3.16. The van der Waals surface area contributed by atoms with Crippen LogP contribution in [0.2, 0.25) is 0 Å². The van der Waals surface area contributed by atoms with Crippen molar-refractivity contribution in [2.45, 2.75) is 25.3 Å². The van der Waals surface area contributed by atoms with Gasteiger partial charge in [-0.25, -0.2) is 9.37 Å². The van der Waals surface area contributed by atoms with E-state index in [0.717, 1.165) is 19.3 Å². The largest absolute Gasteiger partial charge is 0.459 e. The first-order valence-electron chi connectivity index (χ1n) is 7.72. The zero-order valence-corrected chi connectivity index (χ0v) is 12.5. The monoisotopic (exact) mass is 313 g/mol. The molecular formula is C17H16FN3O2. The van der Waals surface area contributed by atoms with E-state index < -0.39 is 0 Å². The summed E-state index contributed by atoms with van der Waals surface area (Å²) >= 11 is 0. The van der Waals surface area contributed by atoms with E-state index in [4.69, 9.17) is 4.42 Å². The Hall–Kier alpha value is -2.63. The number of H-pyrrole nitrogens is 1. The van der Waals surface area contributed by atoms with Crippen molar-refractivity contribution >= 4 is 16.9 Å². The molecule has 23 heavy (non-hydrogen) atoms. The number of hydrogen-bond donors (Lipinski definition) is 1. The Kier molecular flexibility index (Phi) is 3.37. The van der Waals surface area contributed by atoms with Crippen molar-refractivity contribution in [2.24, 2.45) is 0 Å². The highest BCUT2D eigenvalue weighted by Crippen LogP contribution is 2.31. The topological polar surface area (TPSA) is 62.1 Å². The smallest absolute Gasteiger partial charge is 0.290 e. The maximum absolute atomic E-state index is 13.4. The SMILES string of the molecule is O=C(c1ccco1)N1CCCC[C@@H]1c1nc2ccc(F)cc2[nH]1. The Morgan fingerprint density at radius 3 is 3.09 bits per heavy atom. The molecule has 1 N–H and O–H groups in total. The number of furan rings is 1. The van der Waals surface area contributed by atoms with E-state index in [1.807, 2.05) is 0 Å². The molecule has 0 aliphatic carbocycles. The van der Waals surface area contributed by atoms with Gasteiger partial charge in [0, 0.05) is 6.54 Å². The zero-order valence-electron chi connectivity index (χ0n) is 12.5. The molecule has 0 spiro atoms. The molecule has 0 bridgehead atoms. The number of aromatic amines is 1. The third kappa shape index (κ3) is 2.50. The first-order chi connectivity index (χ1) is 11.2. The minimum Gasteiger partial charge on any atom is -0.459 e. The molecule has 6 heteroatoms. The lowest BCUT2D eigenvalue weighted by molar-refractivity contribution is 0.0569. The van der Waals surface area contributed by atoms with Crippen LogP contribution in [0.3, 0.4) is 0 Å². The van der Waals surface area contributed by atoms with Gasteiger partial charge in [-0.2, -0.15) is 0 Å². The number of amides is 1. The molecular weight excluding hydrogens is 297 g/mol. The molecule has 118 valence electrons. The van der Waals surface area contributed by atoms with E-state index >= 15 is 0 Å². The van der Waals surface area contributed by atoms with Gasteiger partial charge in [0.2, 0.25) is 0 Å². The Morgan fingerprint density at radius 1 is 1.35 bits per heavy atom. The number of piperidine rings is 1. The summed E-state index contributed by atoms with van der Waals surface area (Å²) in [6, 6.07) is 7.69. The number of aromatic nitrogens is 2. The molecule has 0 radical (unpaired) electrons. The van der Waals surface area contributed by atoms with Crippen LogP contribution in [0, 0.1) is 5.82 Å². The molecule has 1 atom stereocenters. The van der Waals surface area contributed by atoms with Crippen LogP contribution < -0.4 is 0 Å².